The summed E-state index contributed by atoms with van der Waals surface area (Å²) >= 11 is 0. The number of hydrogen-bond acceptors (Lipinski definition) is 8. The Balaban J connectivity index is 1.21. The van der Waals surface area contributed by atoms with Crippen LogP contribution in [0.4, 0.5) is 30.5 Å². The molecular weight excluding hydrogens is 607 g/mol. The minimum Gasteiger partial charge on any atom is -0.356 e. The summed E-state index contributed by atoms with van der Waals surface area (Å²) in [6.07, 6.45) is 3.66. The quantitative estimate of drug-likeness (QED) is 0.175. The number of halogens is 3. The van der Waals surface area contributed by atoms with E-state index >= 15 is 0 Å². The molecule has 2 N–H and O–H groups in total. The number of likely N-dealkylation sites (N-methyl/N-ethyl adjacent to an activating group) is 1. The number of likely N-dealkylation sites (tertiary alicyclic amines) is 1. The zero-order valence-corrected chi connectivity index (χ0v) is 26.2. The number of carbonyl (C=O) groups excluding carboxylic acids is 1. The zero-order chi connectivity index (χ0) is 33.1. The smallest absolute Gasteiger partial charge is 0.356 e. The van der Waals surface area contributed by atoms with E-state index in [2.05, 4.69) is 35.6 Å². The molecule has 6 rings (SSSR count). The van der Waals surface area contributed by atoms with Gasteiger partial charge in [0.2, 0.25) is 5.95 Å². The molecule has 1 unspecified atom stereocenters. The number of benzene rings is 2. The number of carbonyl (C=O) groups is 1. The summed E-state index contributed by atoms with van der Waals surface area (Å²) in [6.45, 7) is 8.30. The second-order valence-corrected chi connectivity index (χ2v) is 11.7. The zero-order valence-electron chi connectivity index (χ0n) is 26.2. The van der Waals surface area contributed by atoms with E-state index in [-0.39, 0.29) is 11.9 Å². The van der Waals surface area contributed by atoms with E-state index in [0.717, 1.165) is 54.3 Å². The standard InChI is InChI=1S/C35H34F3N7O2/c1-4-45-13-5-6-24(20-45)23-8-10-28(29(15-23)35(36,37)38)33(46)42-27-9-7-21(2)31(16-27)44-34-40-12-11-30(43-34)25-14-26(19-39-18-25)32-22(3)17-41-47-32/h7-12,14-19,24H,4-6,13,20H2,1-3H3,(H,42,46)(H,40,43,44). The lowest BCUT2D eigenvalue weighted by Crippen LogP contribution is -2.34. The van der Waals surface area contributed by atoms with Crippen molar-refractivity contribution in [2.24, 2.45) is 0 Å². The molecule has 5 aromatic rings. The molecule has 0 saturated carbocycles. The van der Waals surface area contributed by atoms with Gasteiger partial charge in [0, 0.05) is 53.2 Å². The molecule has 0 radical (unpaired) electrons. The van der Waals surface area contributed by atoms with Gasteiger partial charge in [0.25, 0.3) is 5.91 Å². The monoisotopic (exact) mass is 641 g/mol. The Hall–Kier alpha value is -5.10. The highest BCUT2D eigenvalue weighted by molar-refractivity contribution is 6.05. The summed E-state index contributed by atoms with van der Waals surface area (Å²) < 4.78 is 48.1. The Labute approximate surface area is 270 Å². The van der Waals surface area contributed by atoms with Gasteiger partial charge in [-0.1, -0.05) is 24.2 Å². The van der Waals surface area contributed by atoms with Crippen LogP contribution in [-0.4, -0.2) is 50.5 Å². The second-order valence-electron chi connectivity index (χ2n) is 11.7. The van der Waals surface area contributed by atoms with Crippen LogP contribution in [0, 0.1) is 13.8 Å². The third-order valence-electron chi connectivity index (χ3n) is 8.46. The minimum absolute atomic E-state index is 0.00827. The number of aryl methyl sites for hydroxylation is 2. The van der Waals surface area contributed by atoms with Crippen molar-refractivity contribution in [1.29, 1.82) is 0 Å². The maximum Gasteiger partial charge on any atom is 0.417 e. The van der Waals surface area contributed by atoms with E-state index < -0.39 is 23.2 Å². The van der Waals surface area contributed by atoms with E-state index in [1.807, 2.05) is 26.8 Å². The number of rotatable bonds is 8. The normalized spacial score (nSPS) is 15.4. The Morgan fingerprint density at radius 1 is 1.02 bits per heavy atom. The molecule has 1 saturated heterocycles. The van der Waals surface area contributed by atoms with Gasteiger partial charge in [-0.05, 0) is 93.2 Å². The number of amides is 1. The van der Waals surface area contributed by atoms with Gasteiger partial charge in [-0.3, -0.25) is 9.78 Å². The molecule has 0 spiro atoms. The fourth-order valence-corrected chi connectivity index (χ4v) is 5.87. The van der Waals surface area contributed by atoms with Crippen molar-refractivity contribution >= 4 is 23.2 Å². The summed E-state index contributed by atoms with van der Waals surface area (Å²) in [5, 5.41) is 9.66. The summed E-state index contributed by atoms with van der Waals surface area (Å²) in [4.78, 5) is 28.8. The highest BCUT2D eigenvalue weighted by atomic mass is 19.4. The summed E-state index contributed by atoms with van der Waals surface area (Å²) in [7, 11) is 0. The molecule has 1 aliphatic rings. The van der Waals surface area contributed by atoms with Gasteiger partial charge in [0.05, 0.1) is 23.0 Å². The molecule has 9 nitrogen and oxygen atoms in total. The lowest BCUT2D eigenvalue weighted by molar-refractivity contribution is -0.138. The minimum atomic E-state index is -4.69. The number of hydrogen-bond donors (Lipinski definition) is 2. The van der Waals surface area contributed by atoms with Crippen LogP contribution in [0.15, 0.2) is 77.8 Å². The van der Waals surface area contributed by atoms with Crippen molar-refractivity contribution in [3.8, 4) is 22.6 Å². The summed E-state index contributed by atoms with van der Waals surface area (Å²) in [5.41, 5.74) is 3.93. The van der Waals surface area contributed by atoms with Crippen LogP contribution in [0.25, 0.3) is 22.6 Å². The molecule has 12 heteroatoms. The van der Waals surface area contributed by atoms with Crippen molar-refractivity contribution < 1.29 is 22.5 Å². The third-order valence-corrected chi connectivity index (χ3v) is 8.46. The predicted octanol–water partition coefficient (Wildman–Crippen LogP) is 8.02. The van der Waals surface area contributed by atoms with Gasteiger partial charge < -0.3 is 20.1 Å². The van der Waals surface area contributed by atoms with Crippen LogP contribution in [0.5, 0.6) is 0 Å². The van der Waals surface area contributed by atoms with E-state index in [1.165, 1.54) is 6.07 Å². The van der Waals surface area contributed by atoms with Gasteiger partial charge in [-0.15, -0.1) is 0 Å². The average Bonchev–Trinajstić information content (AvgIpc) is 3.51. The highest BCUT2D eigenvalue weighted by Gasteiger charge is 2.36. The van der Waals surface area contributed by atoms with Crippen LogP contribution in [-0.2, 0) is 6.18 Å². The second kappa shape index (κ2) is 13.3. The van der Waals surface area contributed by atoms with Crippen molar-refractivity contribution in [3.05, 3.63) is 101 Å². The SMILES string of the molecule is CCN1CCCC(c2ccc(C(=O)Nc3ccc(C)c(Nc4nccc(-c5cncc(-c6oncc6C)c5)n4)c3)c(C(F)(F)F)c2)C1. The number of aromatic nitrogens is 4. The number of nitrogens with zero attached hydrogens (tertiary/aromatic N) is 5. The average molecular weight is 642 g/mol. The molecule has 1 fully saturated rings. The number of alkyl halides is 3. The molecule has 2 aromatic carbocycles. The number of anilines is 3. The first-order valence-corrected chi connectivity index (χ1v) is 15.4. The molecule has 0 bridgehead atoms. The number of pyridine rings is 1. The molecule has 0 aliphatic carbocycles. The van der Waals surface area contributed by atoms with E-state index in [0.29, 0.717) is 34.9 Å². The Morgan fingerprint density at radius 2 is 1.85 bits per heavy atom. The number of nitrogens with one attached hydrogen (secondary N) is 2. The summed E-state index contributed by atoms with van der Waals surface area (Å²) in [6, 6.07) is 12.8. The first-order chi connectivity index (χ1) is 22.6. The van der Waals surface area contributed by atoms with E-state index in [1.54, 1.807) is 55.1 Å². The molecule has 1 amide bonds. The maximum atomic E-state index is 14.2. The molecule has 47 heavy (non-hydrogen) atoms. The van der Waals surface area contributed by atoms with Gasteiger partial charge in [0.15, 0.2) is 5.76 Å². The maximum absolute atomic E-state index is 14.2. The van der Waals surface area contributed by atoms with Crippen molar-refractivity contribution in [1.82, 2.24) is 25.0 Å². The lowest BCUT2D eigenvalue weighted by Gasteiger charge is -2.32. The highest BCUT2D eigenvalue weighted by Crippen LogP contribution is 2.37. The molecule has 4 heterocycles. The fraction of sp³-hybridized carbons (Fsp3) is 0.286. The predicted molar refractivity (Wildman–Crippen MR) is 173 cm³/mol. The lowest BCUT2D eigenvalue weighted by atomic mass is 9.88. The van der Waals surface area contributed by atoms with Crippen LogP contribution < -0.4 is 10.6 Å². The molecule has 242 valence electrons. The van der Waals surface area contributed by atoms with Gasteiger partial charge in [-0.2, -0.15) is 13.2 Å². The molecule has 1 atom stereocenters. The first-order valence-electron chi connectivity index (χ1n) is 15.4. The molecular formula is C35H34F3N7O2. The molecule has 3 aromatic heterocycles. The Bertz CT molecular complexity index is 1910. The van der Waals surface area contributed by atoms with Gasteiger partial charge >= 0.3 is 6.18 Å². The Morgan fingerprint density at radius 3 is 2.62 bits per heavy atom. The van der Waals surface area contributed by atoms with E-state index in [4.69, 9.17) is 4.52 Å². The van der Waals surface area contributed by atoms with Crippen LogP contribution in [0.3, 0.4) is 0 Å². The third kappa shape index (κ3) is 7.17. The van der Waals surface area contributed by atoms with Gasteiger partial charge in [-0.25, -0.2) is 9.97 Å². The van der Waals surface area contributed by atoms with Crippen LogP contribution >= 0.6 is 0 Å². The van der Waals surface area contributed by atoms with Crippen LogP contribution in [0.1, 0.15) is 58.3 Å². The summed E-state index contributed by atoms with van der Waals surface area (Å²) in [5.74, 6) is 0.0536. The Kier molecular flexibility index (Phi) is 9.04. The van der Waals surface area contributed by atoms with Crippen LogP contribution in [0.2, 0.25) is 0 Å². The number of piperidine rings is 1. The largest absolute Gasteiger partial charge is 0.417 e. The van der Waals surface area contributed by atoms with Crippen molar-refractivity contribution in [3.63, 3.8) is 0 Å². The first kappa shape index (κ1) is 31.9. The topological polar surface area (TPSA) is 109 Å². The van der Waals surface area contributed by atoms with E-state index in [9.17, 15) is 18.0 Å². The van der Waals surface area contributed by atoms with Crippen molar-refractivity contribution in [2.75, 3.05) is 30.3 Å². The fourth-order valence-electron chi connectivity index (χ4n) is 5.87. The molecule has 1 aliphatic heterocycles. The van der Waals surface area contributed by atoms with Gasteiger partial charge in [0.1, 0.15) is 0 Å². The van der Waals surface area contributed by atoms with Crippen molar-refractivity contribution in [2.45, 2.75) is 45.7 Å².